The van der Waals surface area contributed by atoms with Crippen molar-refractivity contribution in [3.63, 3.8) is 0 Å². The topological polar surface area (TPSA) is 69.9 Å². The number of thiazole rings is 1. The van der Waals surface area contributed by atoms with Crippen LogP contribution in [0.4, 0.5) is 0 Å². The van der Waals surface area contributed by atoms with Gasteiger partial charge < -0.3 is 4.74 Å². The Morgan fingerprint density at radius 1 is 1.03 bits per heavy atom. The number of halogens is 1. The lowest BCUT2D eigenvalue weighted by atomic mass is 10.1. The molecule has 6 nitrogen and oxygen atoms in total. The number of nitrogens with zero attached hydrogens (tertiary/aromatic N) is 4. The molecule has 2 aromatic carbocycles. The van der Waals surface area contributed by atoms with Gasteiger partial charge in [0, 0.05) is 10.5 Å². The molecule has 0 aliphatic rings. The van der Waals surface area contributed by atoms with Gasteiger partial charge in [-0.1, -0.05) is 28.1 Å². The molecule has 0 N–H and O–H groups in total. The fourth-order valence-corrected chi connectivity index (χ4v) is 4.37. The third-order valence-electron chi connectivity index (χ3n) is 4.75. The number of hydrogen-bond acceptors (Lipinski definition) is 6. The normalized spacial score (nSPS) is 11.5. The summed E-state index contributed by atoms with van der Waals surface area (Å²) in [7, 11) is 0. The number of fused-ring (bicyclic) bond motifs is 2. The Morgan fingerprint density at radius 2 is 1.81 bits per heavy atom. The molecule has 0 radical (unpaired) electrons. The maximum atomic E-state index is 13.7. The lowest BCUT2D eigenvalue weighted by Gasteiger charge is -2.13. The van der Waals surface area contributed by atoms with Crippen LogP contribution in [-0.4, -0.2) is 25.9 Å². The lowest BCUT2D eigenvalue weighted by Crippen LogP contribution is -2.23. The molecule has 0 atom stereocenters. The molecule has 5 rings (SSSR count). The molecule has 0 aliphatic carbocycles. The van der Waals surface area contributed by atoms with E-state index in [0.717, 1.165) is 20.3 Å². The highest BCUT2D eigenvalue weighted by atomic mass is 79.9. The van der Waals surface area contributed by atoms with Gasteiger partial charge in [0.05, 0.1) is 33.1 Å². The zero-order valence-electron chi connectivity index (χ0n) is 16.7. The van der Waals surface area contributed by atoms with Crippen LogP contribution in [0.3, 0.4) is 0 Å². The number of rotatable bonds is 4. The summed E-state index contributed by atoms with van der Waals surface area (Å²) < 4.78 is 9.13. The molecule has 8 heteroatoms. The first kappa shape index (κ1) is 19.8. The molecule has 0 bridgehead atoms. The van der Waals surface area contributed by atoms with Gasteiger partial charge in [0.1, 0.15) is 11.0 Å². The van der Waals surface area contributed by atoms with Crippen molar-refractivity contribution < 1.29 is 4.74 Å². The lowest BCUT2D eigenvalue weighted by molar-refractivity contribution is 0.233. The SMILES string of the molecule is CC(C)Oc1ccc2nn(-c3ccc4ncsc4c3)c(=O)c(-c3ccc(Br)cc3)c2n1. The van der Waals surface area contributed by atoms with Crippen LogP contribution in [0, 0.1) is 0 Å². The molecule has 0 spiro atoms. The molecular weight excluding hydrogens is 476 g/mol. The first-order chi connectivity index (χ1) is 15.0. The summed E-state index contributed by atoms with van der Waals surface area (Å²) >= 11 is 4.99. The van der Waals surface area contributed by atoms with Crippen molar-refractivity contribution in [2.24, 2.45) is 0 Å². The number of benzene rings is 2. The van der Waals surface area contributed by atoms with Crippen molar-refractivity contribution in [1.29, 1.82) is 0 Å². The molecule has 154 valence electrons. The van der Waals surface area contributed by atoms with Gasteiger partial charge >= 0.3 is 0 Å². The quantitative estimate of drug-likeness (QED) is 0.326. The minimum Gasteiger partial charge on any atom is -0.475 e. The van der Waals surface area contributed by atoms with Gasteiger partial charge in [-0.3, -0.25) is 4.79 Å². The highest BCUT2D eigenvalue weighted by Crippen LogP contribution is 2.28. The van der Waals surface area contributed by atoms with Crippen molar-refractivity contribution in [3.05, 3.63) is 74.9 Å². The summed E-state index contributed by atoms with van der Waals surface area (Å²) in [5.41, 5.74) is 5.50. The van der Waals surface area contributed by atoms with Crippen molar-refractivity contribution in [3.8, 4) is 22.7 Å². The highest BCUT2D eigenvalue weighted by molar-refractivity contribution is 9.10. The van der Waals surface area contributed by atoms with Gasteiger partial charge in [-0.05, 0) is 55.8 Å². The summed E-state index contributed by atoms with van der Waals surface area (Å²) in [5, 5.41) is 4.62. The Hall–Kier alpha value is -3.10. The molecule has 0 amide bonds. The number of aromatic nitrogens is 4. The van der Waals surface area contributed by atoms with E-state index >= 15 is 0 Å². The molecule has 5 aromatic rings. The molecule has 0 fully saturated rings. The Balaban J connectivity index is 1.80. The van der Waals surface area contributed by atoms with Crippen molar-refractivity contribution in [1.82, 2.24) is 19.7 Å². The second kappa shape index (κ2) is 7.86. The Morgan fingerprint density at radius 3 is 2.58 bits per heavy atom. The molecule has 3 heterocycles. The first-order valence-electron chi connectivity index (χ1n) is 9.70. The maximum Gasteiger partial charge on any atom is 0.281 e. The second-order valence-corrected chi connectivity index (χ2v) is 9.09. The van der Waals surface area contributed by atoms with E-state index < -0.39 is 0 Å². The van der Waals surface area contributed by atoms with Gasteiger partial charge in [-0.25, -0.2) is 9.97 Å². The maximum absolute atomic E-state index is 13.7. The zero-order chi connectivity index (χ0) is 21.5. The first-order valence-corrected chi connectivity index (χ1v) is 11.4. The van der Waals surface area contributed by atoms with Crippen LogP contribution in [0.15, 0.2) is 69.4 Å². The number of hydrogen-bond donors (Lipinski definition) is 0. The van der Waals surface area contributed by atoms with E-state index in [9.17, 15) is 4.79 Å². The molecule has 0 saturated carbocycles. The van der Waals surface area contributed by atoms with E-state index in [2.05, 4.69) is 31.0 Å². The van der Waals surface area contributed by atoms with Gasteiger partial charge in [-0.2, -0.15) is 9.78 Å². The number of ether oxygens (including phenoxy) is 1. The van der Waals surface area contributed by atoms with Gasteiger partial charge in [0.25, 0.3) is 5.56 Å². The van der Waals surface area contributed by atoms with E-state index in [1.807, 2.05) is 62.4 Å². The summed E-state index contributed by atoms with van der Waals surface area (Å²) in [6.45, 7) is 3.88. The van der Waals surface area contributed by atoms with Crippen molar-refractivity contribution in [2.75, 3.05) is 0 Å². The Labute approximate surface area is 190 Å². The van der Waals surface area contributed by atoms with Crippen LogP contribution in [0.25, 0.3) is 38.1 Å². The van der Waals surface area contributed by atoms with E-state index in [-0.39, 0.29) is 11.7 Å². The average Bonchev–Trinajstić information content (AvgIpc) is 3.22. The summed E-state index contributed by atoms with van der Waals surface area (Å²) in [6, 6.07) is 16.9. The minimum atomic E-state index is -0.243. The van der Waals surface area contributed by atoms with Gasteiger partial charge in [-0.15, -0.1) is 11.3 Å². The van der Waals surface area contributed by atoms with Crippen LogP contribution >= 0.6 is 27.3 Å². The molecule has 0 unspecified atom stereocenters. The van der Waals surface area contributed by atoms with Crippen LogP contribution in [0.2, 0.25) is 0 Å². The van der Waals surface area contributed by atoms with Crippen LogP contribution < -0.4 is 10.3 Å². The fraction of sp³-hybridized carbons (Fsp3) is 0.130. The Kier molecular flexibility index (Phi) is 5.03. The second-order valence-electron chi connectivity index (χ2n) is 7.29. The standard InChI is InChI=1S/C23H17BrN4O2S/c1-13(2)30-20-10-9-18-22(26-20)21(14-3-5-15(24)6-4-14)23(29)28(27-18)16-7-8-17-19(11-16)31-12-25-17/h3-13H,1-2H3. The molecule has 3 aromatic heterocycles. The van der Waals surface area contributed by atoms with Crippen LogP contribution in [-0.2, 0) is 0 Å². The molecule has 0 saturated heterocycles. The molecule has 31 heavy (non-hydrogen) atoms. The van der Waals surface area contributed by atoms with Gasteiger partial charge in [0.2, 0.25) is 5.88 Å². The van der Waals surface area contributed by atoms with E-state index in [1.54, 1.807) is 11.6 Å². The minimum absolute atomic E-state index is 0.0273. The summed E-state index contributed by atoms with van der Waals surface area (Å²) in [6.07, 6.45) is -0.0273. The van der Waals surface area contributed by atoms with Crippen molar-refractivity contribution >= 4 is 48.5 Å². The smallest absolute Gasteiger partial charge is 0.281 e. The third kappa shape index (κ3) is 3.73. The molecular formula is C23H17BrN4O2S. The highest BCUT2D eigenvalue weighted by Gasteiger charge is 2.17. The van der Waals surface area contributed by atoms with Crippen molar-refractivity contribution in [2.45, 2.75) is 20.0 Å². The van der Waals surface area contributed by atoms with Crippen LogP contribution in [0.1, 0.15) is 13.8 Å². The Bertz CT molecular complexity index is 1480. The monoisotopic (exact) mass is 492 g/mol. The van der Waals surface area contributed by atoms with Gasteiger partial charge in [0.15, 0.2) is 0 Å². The van der Waals surface area contributed by atoms with Crippen LogP contribution in [0.5, 0.6) is 5.88 Å². The third-order valence-corrected chi connectivity index (χ3v) is 6.07. The molecule has 0 aliphatic heterocycles. The predicted molar refractivity (Wildman–Crippen MR) is 127 cm³/mol. The summed E-state index contributed by atoms with van der Waals surface area (Å²) in [5.74, 6) is 0.464. The van der Waals surface area contributed by atoms with E-state index in [4.69, 9.17) is 4.74 Å². The zero-order valence-corrected chi connectivity index (χ0v) is 19.1. The predicted octanol–water partition coefficient (Wildman–Crippen LogP) is 5.61. The van der Waals surface area contributed by atoms with E-state index in [0.29, 0.717) is 28.2 Å². The average molecular weight is 493 g/mol. The number of pyridine rings is 1. The largest absolute Gasteiger partial charge is 0.475 e. The fourth-order valence-electron chi connectivity index (χ4n) is 3.39. The van der Waals surface area contributed by atoms with E-state index in [1.165, 1.54) is 16.0 Å². The summed E-state index contributed by atoms with van der Waals surface area (Å²) in [4.78, 5) is 22.6.